The van der Waals surface area contributed by atoms with Crippen molar-refractivity contribution in [1.82, 2.24) is 0 Å². The molecule has 0 N–H and O–H groups in total. The van der Waals surface area contributed by atoms with Crippen LogP contribution in [-0.2, 0) is 11.2 Å². The van der Waals surface area contributed by atoms with E-state index in [1.807, 2.05) is 30.3 Å². The second-order valence-electron chi connectivity index (χ2n) is 5.58. The lowest BCUT2D eigenvalue weighted by Crippen LogP contribution is -2.03. The van der Waals surface area contributed by atoms with E-state index in [1.165, 1.54) is 23.8 Å². The van der Waals surface area contributed by atoms with Crippen molar-refractivity contribution in [3.05, 3.63) is 64.7 Å². The third-order valence-corrected chi connectivity index (χ3v) is 3.79. The molecule has 0 amide bonds. The van der Waals surface area contributed by atoms with E-state index >= 15 is 0 Å². The SMILES string of the molecule is COC(=O)c1ccc(C(C)Cc2cc(C)cc(OC)c2)cc1. The van der Waals surface area contributed by atoms with Gasteiger partial charge in [0, 0.05) is 0 Å². The fourth-order valence-electron chi connectivity index (χ4n) is 2.60. The van der Waals surface area contributed by atoms with Crippen LogP contribution in [0.3, 0.4) is 0 Å². The first-order valence-electron chi connectivity index (χ1n) is 7.36. The molecule has 3 nitrogen and oxygen atoms in total. The van der Waals surface area contributed by atoms with Crippen molar-refractivity contribution in [2.45, 2.75) is 26.2 Å². The maximum absolute atomic E-state index is 11.5. The summed E-state index contributed by atoms with van der Waals surface area (Å²) >= 11 is 0. The largest absolute Gasteiger partial charge is 0.497 e. The minimum Gasteiger partial charge on any atom is -0.497 e. The van der Waals surface area contributed by atoms with E-state index in [0.717, 1.165) is 12.2 Å². The molecule has 3 heteroatoms. The molecular formula is C19H22O3. The van der Waals surface area contributed by atoms with Crippen molar-refractivity contribution in [2.75, 3.05) is 14.2 Å². The second-order valence-corrected chi connectivity index (χ2v) is 5.58. The van der Waals surface area contributed by atoms with E-state index in [4.69, 9.17) is 9.47 Å². The Morgan fingerprint density at radius 1 is 1.09 bits per heavy atom. The molecule has 0 saturated carbocycles. The van der Waals surface area contributed by atoms with E-state index in [1.54, 1.807) is 7.11 Å². The summed E-state index contributed by atoms with van der Waals surface area (Å²) in [5.41, 5.74) is 4.23. The van der Waals surface area contributed by atoms with Crippen LogP contribution in [0, 0.1) is 6.92 Å². The van der Waals surface area contributed by atoms with Crippen LogP contribution in [-0.4, -0.2) is 20.2 Å². The normalized spacial score (nSPS) is 11.8. The van der Waals surface area contributed by atoms with Gasteiger partial charge in [-0.1, -0.05) is 25.1 Å². The zero-order valence-electron chi connectivity index (χ0n) is 13.6. The van der Waals surface area contributed by atoms with Crippen LogP contribution in [0.5, 0.6) is 5.75 Å². The summed E-state index contributed by atoms with van der Waals surface area (Å²) in [5.74, 6) is 0.948. The van der Waals surface area contributed by atoms with E-state index < -0.39 is 0 Å². The summed E-state index contributed by atoms with van der Waals surface area (Å²) in [5, 5.41) is 0. The number of carbonyl (C=O) groups excluding carboxylic acids is 1. The van der Waals surface area contributed by atoms with Crippen LogP contribution in [0.4, 0.5) is 0 Å². The zero-order valence-corrected chi connectivity index (χ0v) is 13.6. The molecule has 0 aliphatic carbocycles. The van der Waals surface area contributed by atoms with Crippen LogP contribution in [0.25, 0.3) is 0 Å². The number of ether oxygens (including phenoxy) is 2. The Hall–Kier alpha value is -2.29. The van der Waals surface area contributed by atoms with Crippen molar-refractivity contribution >= 4 is 5.97 Å². The Labute approximate surface area is 131 Å². The minimum absolute atomic E-state index is 0.303. The molecule has 0 spiro atoms. The van der Waals surface area contributed by atoms with E-state index in [2.05, 4.69) is 26.0 Å². The van der Waals surface area contributed by atoms with Crippen molar-refractivity contribution in [3.63, 3.8) is 0 Å². The number of carbonyl (C=O) groups is 1. The van der Waals surface area contributed by atoms with Gasteiger partial charge in [0.25, 0.3) is 0 Å². The van der Waals surface area contributed by atoms with Gasteiger partial charge in [-0.2, -0.15) is 0 Å². The van der Waals surface area contributed by atoms with Gasteiger partial charge in [-0.15, -0.1) is 0 Å². The molecule has 2 aromatic rings. The lowest BCUT2D eigenvalue weighted by atomic mass is 9.92. The predicted octanol–water partition coefficient (Wildman–Crippen LogP) is 4.14. The van der Waals surface area contributed by atoms with Gasteiger partial charge in [-0.25, -0.2) is 4.79 Å². The van der Waals surface area contributed by atoms with Gasteiger partial charge in [-0.3, -0.25) is 0 Å². The van der Waals surface area contributed by atoms with Gasteiger partial charge in [0.15, 0.2) is 0 Å². The molecule has 0 fully saturated rings. The first kappa shape index (κ1) is 16.1. The van der Waals surface area contributed by atoms with Crippen LogP contribution >= 0.6 is 0 Å². The fraction of sp³-hybridized carbons (Fsp3) is 0.316. The topological polar surface area (TPSA) is 35.5 Å². The first-order chi connectivity index (χ1) is 10.5. The molecule has 0 bridgehead atoms. The molecule has 0 aliphatic rings. The van der Waals surface area contributed by atoms with Crippen LogP contribution in [0.1, 0.15) is 39.9 Å². The number of methoxy groups -OCH3 is 2. The molecule has 1 atom stereocenters. The van der Waals surface area contributed by atoms with Gasteiger partial charge in [0.2, 0.25) is 0 Å². The van der Waals surface area contributed by atoms with Gasteiger partial charge in [-0.05, 0) is 60.2 Å². The highest BCUT2D eigenvalue weighted by atomic mass is 16.5. The lowest BCUT2D eigenvalue weighted by molar-refractivity contribution is 0.0600. The molecule has 2 aromatic carbocycles. The molecule has 0 aromatic heterocycles. The quantitative estimate of drug-likeness (QED) is 0.778. The number of aryl methyl sites for hydroxylation is 1. The summed E-state index contributed by atoms with van der Waals surface area (Å²) in [6.45, 7) is 4.25. The van der Waals surface area contributed by atoms with Gasteiger partial charge >= 0.3 is 5.97 Å². The third-order valence-electron chi connectivity index (χ3n) is 3.79. The average molecular weight is 298 g/mol. The lowest BCUT2D eigenvalue weighted by Gasteiger charge is -2.14. The van der Waals surface area contributed by atoms with Gasteiger partial charge < -0.3 is 9.47 Å². The molecule has 2 rings (SSSR count). The van der Waals surface area contributed by atoms with Crippen molar-refractivity contribution in [3.8, 4) is 5.75 Å². The average Bonchev–Trinajstić information content (AvgIpc) is 2.53. The fourth-order valence-corrected chi connectivity index (χ4v) is 2.60. The first-order valence-corrected chi connectivity index (χ1v) is 7.36. The van der Waals surface area contributed by atoms with Crippen molar-refractivity contribution < 1.29 is 14.3 Å². The summed E-state index contributed by atoms with van der Waals surface area (Å²) in [4.78, 5) is 11.5. The van der Waals surface area contributed by atoms with Crippen molar-refractivity contribution in [2.24, 2.45) is 0 Å². The molecule has 22 heavy (non-hydrogen) atoms. The number of hydrogen-bond donors (Lipinski definition) is 0. The molecule has 1 unspecified atom stereocenters. The highest BCUT2D eigenvalue weighted by Crippen LogP contribution is 2.24. The van der Waals surface area contributed by atoms with E-state index in [0.29, 0.717) is 11.5 Å². The highest BCUT2D eigenvalue weighted by Gasteiger charge is 2.10. The van der Waals surface area contributed by atoms with Crippen molar-refractivity contribution in [1.29, 1.82) is 0 Å². The van der Waals surface area contributed by atoms with Gasteiger partial charge in [0.05, 0.1) is 19.8 Å². The summed E-state index contributed by atoms with van der Waals surface area (Å²) in [6.07, 6.45) is 0.926. The maximum Gasteiger partial charge on any atom is 0.337 e. The molecule has 0 heterocycles. The zero-order chi connectivity index (χ0) is 16.1. The summed E-state index contributed by atoms with van der Waals surface area (Å²) < 4.78 is 10.0. The van der Waals surface area contributed by atoms with Crippen LogP contribution in [0.2, 0.25) is 0 Å². The molecule has 116 valence electrons. The standard InChI is InChI=1S/C19H22O3/c1-13-9-15(12-18(10-13)21-3)11-14(2)16-5-7-17(8-6-16)19(20)22-4/h5-10,12,14H,11H2,1-4H3. The van der Waals surface area contributed by atoms with Crippen LogP contribution in [0.15, 0.2) is 42.5 Å². The third kappa shape index (κ3) is 3.88. The molecular weight excluding hydrogens is 276 g/mol. The predicted molar refractivity (Wildman–Crippen MR) is 87.6 cm³/mol. The number of esters is 1. The summed E-state index contributed by atoms with van der Waals surface area (Å²) in [6, 6.07) is 13.9. The number of rotatable bonds is 5. The molecule has 0 saturated heterocycles. The Morgan fingerprint density at radius 2 is 1.77 bits per heavy atom. The number of benzene rings is 2. The van der Waals surface area contributed by atoms with Crippen LogP contribution < -0.4 is 4.74 Å². The smallest absolute Gasteiger partial charge is 0.337 e. The maximum atomic E-state index is 11.5. The van der Waals surface area contributed by atoms with Gasteiger partial charge in [0.1, 0.15) is 5.75 Å². The van der Waals surface area contributed by atoms with E-state index in [-0.39, 0.29) is 5.97 Å². The Balaban J connectivity index is 2.13. The van der Waals surface area contributed by atoms with E-state index in [9.17, 15) is 4.79 Å². The minimum atomic E-state index is -0.303. The Bertz CT molecular complexity index is 644. The second kappa shape index (κ2) is 7.12. The number of hydrogen-bond acceptors (Lipinski definition) is 3. The highest BCUT2D eigenvalue weighted by molar-refractivity contribution is 5.89. The molecule has 0 radical (unpaired) electrons. The molecule has 0 aliphatic heterocycles. The summed E-state index contributed by atoms with van der Waals surface area (Å²) in [7, 11) is 3.08. The Morgan fingerprint density at radius 3 is 2.36 bits per heavy atom. The Kier molecular flexibility index (Phi) is 5.21. The monoisotopic (exact) mass is 298 g/mol.